The lowest BCUT2D eigenvalue weighted by Crippen LogP contribution is -2.21. The molecule has 1 heterocycles. The van der Waals surface area contributed by atoms with Gasteiger partial charge in [-0.25, -0.2) is 4.68 Å². The maximum Gasteiger partial charge on any atom is 0.453 e. The summed E-state index contributed by atoms with van der Waals surface area (Å²) in [5.41, 5.74) is 0.696. The lowest BCUT2D eigenvalue weighted by Gasteiger charge is -2.09. The topological polar surface area (TPSA) is 85.8 Å². The molecule has 3 N–H and O–H groups in total. The maximum absolute atomic E-state index is 12.5. The van der Waals surface area contributed by atoms with Crippen LogP contribution in [0.5, 0.6) is 0 Å². The van der Waals surface area contributed by atoms with Crippen LogP contribution in [-0.2, 0) is 11.0 Å². The Labute approximate surface area is 144 Å². The van der Waals surface area contributed by atoms with Crippen molar-refractivity contribution in [3.05, 3.63) is 30.1 Å². The summed E-state index contributed by atoms with van der Waals surface area (Å²) in [5.74, 6) is 4.02. The molecule has 0 atom stereocenters. The van der Waals surface area contributed by atoms with Gasteiger partial charge in [0, 0.05) is 17.1 Å². The van der Waals surface area contributed by atoms with Crippen molar-refractivity contribution in [3.63, 3.8) is 0 Å². The summed E-state index contributed by atoms with van der Waals surface area (Å²) in [5, 5.41) is 9.07. The largest absolute Gasteiger partial charge is 0.453 e. The molecule has 11 heteroatoms. The minimum absolute atomic E-state index is 0.0976. The van der Waals surface area contributed by atoms with Gasteiger partial charge in [0.05, 0.1) is 5.69 Å². The molecule has 0 radical (unpaired) electrons. The van der Waals surface area contributed by atoms with Gasteiger partial charge in [0.1, 0.15) is 0 Å². The number of halogens is 3. The lowest BCUT2D eigenvalue weighted by molar-refractivity contribution is -0.146. The molecular formula is C13H14F3N5OS2. The third-order valence-corrected chi connectivity index (χ3v) is 4.60. The number of hydrogen-bond acceptors (Lipinski definition) is 6. The Hall–Kier alpha value is -1.88. The monoisotopic (exact) mass is 377 g/mol. The highest BCUT2D eigenvalue weighted by molar-refractivity contribution is 7.99. The second-order valence-electron chi connectivity index (χ2n) is 4.52. The fourth-order valence-electron chi connectivity index (χ4n) is 1.76. The van der Waals surface area contributed by atoms with Crippen LogP contribution in [0.25, 0.3) is 0 Å². The molecule has 0 spiro atoms. The number of anilines is 1. The third kappa shape index (κ3) is 4.57. The van der Waals surface area contributed by atoms with E-state index in [0.29, 0.717) is 10.4 Å². The first-order valence-electron chi connectivity index (χ1n) is 6.66. The minimum atomic E-state index is -4.67. The summed E-state index contributed by atoms with van der Waals surface area (Å²) in [6.07, 6.45) is -2.67. The molecule has 0 unspecified atom stereocenters. The second-order valence-corrected chi connectivity index (χ2v) is 6.43. The molecule has 24 heavy (non-hydrogen) atoms. The molecule has 0 saturated carbocycles. The van der Waals surface area contributed by atoms with E-state index in [1.807, 2.05) is 18.4 Å². The predicted octanol–water partition coefficient (Wildman–Crippen LogP) is 2.85. The van der Waals surface area contributed by atoms with Crippen molar-refractivity contribution >= 4 is 35.1 Å². The Morgan fingerprint density at radius 2 is 2.04 bits per heavy atom. The Bertz CT molecular complexity index is 720. The molecule has 0 aliphatic heterocycles. The summed E-state index contributed by atoms with van der Waals surface area (Å²) < 4.78 is 38.0. The number of nitrogens with zero attached hydrogens (tertiary/aromatic N) is 3. The van der Waals surface area contributed by atoms with Crippen LogP contribution in [-0.4, -0.2) is 32.8 Å². The summed E-state index contributed by atoms with van der Waals surface area (Å²) in [4.78, 5) is 12.9. The maximum atomic E-state index is 12.5. The molecule has 0 aliphatic carbocycles. The Kier molecular flexibility index (Phi) is 5.99. The Morgan fingerprint density at radius 1 is 1.33 bits per heavy atom. The standard InChI is InChI=1S/C13H14F3N5OS2/c1-23-9-5-3-2-4-8(9)18-10(22)6-7-24-12-20-19-11(21(12)17)13(14,15)16/h2-5H,6-7,17H2,1H3,(H,18,22). The van der Waals surface area contributed by atoms with Crippen molar-refractivity contribution in [2.75, 3.05) is 23.2 Å². The van der Waals surface area contributed by atoms with Crippen molar-refractivity contribution < 1.29 is 18.0 Å². The predicted molar refractivity (Wildman–Crippen MR) is 87.4 cm³/mol. The number of thioether (sulfide) groups is 2. The summed E-state index contributed by atoms with van der Waals surface area (Å²) in [6.45, 7) is 0. The van der Waals surface area contributed by atoms with Crippen molar-refractivity contribution in [1.82, 2.24) is 14.9 Å². The quantitative estimate of drug-likeness (QED) is 0.595. The van der Waals surface area contributed by atoms with Crippen LogP contribution in [0.4, 0.5) is 18.9 Å². The number of hydrogen-bond donors (Lipinski definition) is 2. The molecular weight excluding hydrogens is 363 g/mol. The molecule has 1 aromatic heterocycles. The molecule has 2 aromatic rings. The van der Waals surface area contributed by atoms with E-state index in [4.69, 9.17) is 5.84 Å². The number of amides is 1. The van der Waals surface area contributed by atoms with Crippen molar-refractivity contribution in [1.29, 1.82) is 0 Å². The number of aromatic nitrogens is 3. The lowest BCUT2D eigenvalue weighted by atomic mass is 10.3. The van der Waals surface area contributed by atoms with E-state index in [0.717, 1.165) is 16.7 Å². The fraction of sp³-hybridized carbons (Fsp3) is 0.308. The fourth-order valence-corrected chi connectivity index (χ4v) is 3.11. The Balaban J connectivity index is 1.88. The molecule has 2 rings (SSSR count). The molecule has 130 valence electrons. The van der Waals surface area contributed by atoms with E-state index in [2.05, 4.69) is 15.5 Å². The van der Waals surface area contributed by atoms with E-state index in [-0.39, 0.29) is 23.2 Å². The highest BCUT2D eigenvalue weighted by Crippen LogP contribution is 2.29. The number of benzene rings is 1. The second kappa shape index (κ2) is 7.79. The van der Waals surface area contributed by atoms with E-state index >= 15 is 0 Å². The average Bonchev–Trinajstić information content (AvgIpc) is 2.89. The first-order valence-corrected chi connectivity index (χ1v) is 8.87. The van der Waals surface area contributed by atoms with Gasteiger partial charge in [-0.3, -0.25) is 4.79 Å². The van der Waals surface area contributed by atoms with Gasteiger partial charge in [0.25, 0.3) is 5.82 Å². The average molecular weight is 377 g/mol. The van der Waals surface area contributed by atoms with Crippen molar-refractivity contribution in [3.8, 4) is 0 Å². The van der Waals surface area contributed by atoms with Crippen LogP contribution < -0.4 is 11.2 Å². The molecule has 0 saturated heterocycles. The van der Waals surface area contributed by atoms with Gasteiger partial charge >= 0.3 is 6.18 Å². The van der Waals surface area contributed by atoms with Crippen LogP contribution in [0.15, 0.2) is 34.3 Å². The van der Waals surface area contributed by atoms with E-state index in [9.17, 15) is 18.0 Å². The van der Waals surface area contributed by atoms with Crippen LogP contribution in [0.1, 0.15) is 12.2 Å². The molecule has 1 amide bonds. The van der Waals surface area contributed by atoms with E-state index < -0.39 is 12.0 Å². The van der Waals surface area contributed by atoms with Gasteiger partial charge in [-0.2, -0.15) is 13.2 Å². The van der Waals surface area contributed by atoms with Crippen LogP contribution in [0.2, 0.25) is 0 Å². The number of nitrogens with one attached hydrogen (secondary N) is 1. The number of carbonyl (C=O) groups is 1. The summed E-state index contributed by atoms with van der Waals surface area (Å²) >= 11 is 2.43. The molecule has 0 fully saturated rings. The highest BCUT2D eigenvalue weighted by Gasteiger charge is 2.38. The van der Waals surface area contributed by atoms with Crippen LogP contribution >= 0.6 is 23.5 Å². The molecule has 0 bridgehead atoms. The van der Waals surface area contributed by atoms with E-state index in [1.54, 1.807) is 12.1 Å². The zero-order valence-electron chi connectivity index (χ0n) is 12.5. The number of rotatable bonds is 6. The van der Waals surface area contributed by atoms with Gasteiger partial charge in [-0.15, -0.1) is 22.0 Å². The van der Waals surface area contributed by atoms with Gasteiger partial charge in [0.2, 0.25) is 11.1 Å². The zero-order chi connectivity index (χ0) is 17.7. The van der Waals surface area contributed by atoms with Crippen LogP contribution in [0.3, 0.4) is 0 Å². The highest BCUT2D eigenvalue weighted by atomic mass is 32.2. The number of nitrogen functional groups attached to an aromatic ring is 1. The van der Waals surface area contributed by atoms with Gasteiger partial charge in [-0.1, -0.05) is 23.9 Å². The summed E-state index contributed by atoms with van der Waals surface area (Å²) in [6, 6.07) is 7.33. The smallest absolute Gasteiger partial charge is 0.335 e. The summed E-state index contributed by atoms with van der Waals surface area (Å²) in [7, 11) is 0. The van der Waals surface area contributed by atoms with Gasteiger partial charge < -0.3 is 11.2 Å². The Morgan fingerprint density at radius 3 is 2.67 bits per heavy atom. The molecule has 1 aromatic carbocycles. The number of carbonyl (C=O) groups excluding carboxylic acids is 1. The minimum Gasteiger partial charge on any atom is -0.335 e. The van der Waals surface area contributed by atoms with E-state index in [1.165, 1.54) is 11.8 Å². The van der Waals surface area contributed by atoms with Crippen molar-refractivity contribution in [2.24, 2.45) is 0 Å². The van der Waals surface area contributed by atoms with Crippen LogP contribution in [0, 0.1) is 0 Å². The number of nitrogens with two attached hydrogens (primary N) is 1. The molecule has 6 nitrogen and oxygen atoms in total. The van der Waals surface area contributed by atoms with Crippen molar-refractivity contribution in [2.45, 2.75) is 22.6 Å². The zero-order valence-corrected chi connectivity index (χ0v) is 14.1. The number of alkyl halides is 3. The first kappa shape index (κ1) is 18.5. The van der Waals surface area contributed by atoms with Gasteiger partial charge in [-0.05, 0) is 18.4 Å². The third-order valence-electron chi connectivity index (χ3n) is 2.86. The molecule has 0 aliphatic rings. The van der Waals surface area contributed by atoms with Gasteiger partial charge in [0.15, 0.2) is 0 Å². The SMILES string of the molecule is CSc1ccccc1NC(=O)CCSc1nnc(C(F)(F)F)n1N. The normalized spacial score (nSPS) is 11.5. The first-order chi connectivity index (χ1) is 11.3. The number of para-hydroxylation sites is 1.